The van der Waals surface area contributed by atoms with Gasteiger partial charge in [0.2, 0.25) is 0 Å². The molecule has 0 aliphatic heterocycles. The third kappa shape index (κ3) is 4.88. The molecule has 1 amide bonds. The maximum absolute atomic E-state index is 11.8. The Balaban J connectivity index is 0.00000137. The van der Waals surface area contributed by atoms with Crippen LogP contribution in [-0.4, -0.2) is 18.6 Å². The number of carbonyl (C=O) groups is 1. The van der Waals surface area contributed by atoms with Gasteiger partial charge in [-0.1, -0.05) is 32.9 Å². The van der Waals surface area contributed by atoms with Crippen molar-refractivity contribution in [2.75, 3.05) is 12.4 Å². The van der Waals surface area contributed by atoms with Crippen molar-refractivity contribution in [2.24, 2.45) is 0 Å². The molecule has 0 aliphatic rings. The lowest BCUT2D eigenvalue weighted by Crippen LogP contribution is -2.38. The van der Waals surface area contributed by atoms with Crippen LogP contribution in [0.1, 0.15) is 40.2 Å². The normalized spacial score (nSPS) is 10.3. The maximum Gasteiger partial charge on any atom is 0.256 e. The Kier molecular flexibility index (Phi) is 7.29. The fourth-order valence-electron chi connectivity index (χ4n) is 1.24. The molecule has 1 rings (SSSR count). The van der Waals surface area contributed by atoms with Gasteiger partial charge >= 0.3 is 0 Å². The van der Waals surface area contributed by atoms with E-state index in [1.165, 1.54) is 12.7 Å². The maximum atomic E-state index is 11.8. The van der Waals surface area contributed by atoms with E-state index < -0.39 is 5.60 Å². The van der Waals surface area contributed by atoms with E-state index >= 15 is 0 Å². The van der Waals surface area contributed by atoms with Crippen LogP contribution in [0.3, 0.4) is 0 Å². The summed E-state index contributed by atoms with van der Waals surface area (Å²) < 4.78 is 5.12. The highest BCUT2D eigenvalue weighted by Crippen LogP contribution is 2.15. The SMILES string of the molecule is CC.CCc1cccc(NC(=O)C(C)(C)OC)c1. The zero-order valence-electron chi connectivity index (χ0n) is 12.3. The first-order valence-electron chi connectivity index (χ1n) is 6.45. The Hall–Kier alpha value is -1.35. The highest BCUT2D eigenvalue weighted by molar-refractivity contribution is 5.96. The minimum Gasteiger partial charge on any atom is -0.369 e. The summed E-state index contributed by atoms with van der Waals surface area (Å²) in [4.78, 5) is 11.8. The monoisotopic (exact) mass is 251 g/mol. The van der Waals surface area contributed by atoms with Gasteiger partial charge in [-0.3, -0.25) is 4.79 Å². The predicted octanol–water partition coefficient (Wildman–Crippen LogP) is 3.64. The van der Waals surface area contributed by atoms with E-state index in [4.69, 9.17) is 4.74 Å². The molecule has 1 aromatic carbocycles. The minimum absolute atomic E-state index is 0.136. The van der Waals surface area contributed by atoms with Crippen LogP contribution < -0.4 is 5.32 Å². The van der Waals surface area contributed by atoms with Gasteiger partial charge in [-0.25, -0.2) is 0 Å². The van der Waals surface area contributed by atoms with E-state index in [-0.39, 0.29) is 5.91 Å². The highest BCUT2D eigenvalue weighted by Gasteiger charge is 2.26. The zero-order chi connectivity index (χ0) is 14.2. The number of nitrogens with one attached hydrogen (secondary N) is 1. The zero-order valence-corrected chi connectivity index (χ0v) is 12.3. The molecule has 1 aromatic rings. The lowest BCUT2D eigenvalue weighted by atomic mass is 10.1. The molecule has 0 unspecified atom stereocenters. The summed E-state index contributed by atoms with van der Waals surface area (Å²) in [6.45, 7) is 9.57. The minimum atomic E-state index is -0.803. The number of rotatable bonds is 4. The first-order valence-corrected chi connectivity index (χ1v) is 6.45. The summed E-state index contributed by atoms with van der Waals surface area (Å²) in [5.41, 5.74) is 1.21. The second kappa shape index (κ2) is 7.88. The number of hydrogen-bond acceptors (Lipinski definition) is 2. The number of benzene rings is 1. The molecule has 0 saturated carbocycles. The van der Waals surface area contributed by atoms with Crippen LogP contribution in [0, 0.1) is 0 Å². The van der Waals surface area contributed by atoms with E-state index in [0.717, 1.165) is 12.1 Å². The van der Waals surface area contributed by atoms with Crippen molar-refractivity contribution in [3.63, 3.8) is 0 Å². The van der Waals surface area contributed by atoms with Crippen molar-refractivity contribution < 1.29 is 9.53 Å². The Morgan fingerprint density at radius 1 is 1.33 bits per heavy atom. The molecular weight excluding hydrogens is 226 g/mol. The fraction of sp³-hybridized carbons (Fsp3) is 0.533. The van der Waals surface area contributed by atoms with E-state index in [1.54, 1.807) is 13.8 Å². The molecule has 0 aromatic heterocycles. The number of anilines is 1. The number of methoxy groups -OCH3 is 1. The molecule has 3 nitrogen and oxygen atoms in total. The van der Waals surface area contributed by atoms with Gasteiger partial charge < -0.3 is 10.1 Å². The number of carbonyl (C=O) groups excluding carboxylic acids is 1. The average Bonchev–Trinajstić information content (AvgIpc) is 2.41. The van der Waals surface area contributed by atoms with Crippen LogP contribution in [0.4, 0.5) is 5.69 Å². The predicted molar refractivity (Wildman–Crippen MR) is 76.9 cm³/mol. The summed E-state index contributed by atoms with van der Waals surface area (Å²) >= 11 is 0. The first kappa shape index (κ1) is 16.6. The molecular formula is C15H25NO2. The third-order valence-corrected chi connectivity index (χ3v) is 2.65. The van der Waals surface area contributed by atoms with Crippen LogP contribution in [-0.2, 0) is 16.0 Å². The van der Waals surface area contributed by atoms with Crippen LogP contribution in [0.5, 0.6) is 0 Å². The van der Waals surface area contributed by atoms with Crippen molar-refractivity contribution in [3.8, 4) is 0 Å². The Morgan fingerprint density at radius 2 is 1.94 bits per heavy atom. The van der Waals surface area contributed by atoms with Gasteiger partial charge in [0.05, 0.1) is 0 Å². The lowest BCUT2D eigenvalue weighted by molar-refractivity contribution is -0.133. The number of ether oxygens (including phenoxy) is 1. The van der Waals surface area contributed by atoms with E-state index in [1.807, 2.05) is 38.1 Å². The quantitative estimate of drug-likeness (QED) is 0.887. The molecule has 18 heavy (non-hydrogen) atoms. The number of hydrogen-bond donors (Lipinski definition) is 1. The molecule has 0 bridgehead atoms. The number of aryl methyl sites for hydroxylation is 1. The highest BCUT2D eigenvalue weighted by atomic mass is 16.5. The topological polar surface area (TPSA) is 38.3 Å². The molecule has 0 saturated heterocycles. The smallest absolute Gasteiger partial charge is 0.256 e. The van der Waals surface area contributed by atoms with E-state index in [9.17, 15) is 4.79 Å². The van der Waals surface area contributed by atoms with Crippen molar-refractivity contribution >= 4 is 11.6 Å². The number of amides is 1. The molecule has 0 heterocycles. The Bertz CT molecular complexity index is 373. The van der Waals surface area contributed by atoms with Gasteiger partial charge in [-0.2, -0.15) is 0 Å². The third-order valence-electron chi connectivity index (χ3n) is 2.65. The first-order chi connectivity index (χ1) is 8.49. The molecule has 0 radical (unpaired) electrons. The van der Waals surface area contributed by atoms with Crippen LogP contribution in [0.2, 0.25) is 0 Å². The van der Waals surface area contributed by atoms with Crippen molar-refractivity contribution in [1.29, 1.82) is 0 Å². The Labute approximate surface area is 111 Å². The molecule has 3 heteroatoms. The van der Waals surface area contributed by atoms with Gasteiger partial charge in [0.25, 0.3) is 5.91 Å². The lowest BCUT2D eigenvalue weighted by Gasteiger charge is -2.21. The average molecular weight is 251 g/mol. The summed E-state index contributed by atoms with van der Waals surface area (Å²) in [6.07, 6.45) is 0.956. The van der Waals surface area contributed by atoms with Gasteiger partial charge in [0, 0.05) is 12.8 Å². The molecule has 0 aliphatic carbocycles. The molecule has 0 atom stereocenters. The fourth-order valence-corrected chi connectivity index (χ4v) is 1.24. The molecule has 0 spiro atoms. The summed E-state index contributed by atoms with van der Waals surface area (Å²) in [5.74, 6) is -0.136. The van der Waals surface area contributed by atoms with Crippen molar-refractivity contribution in [3.05, 3.63) is 29.8 Å². The molecule has 0 fully saturated rings. The van der Waals surface area contributed by atoms with Gasteiger partial charge in [-0.05, 0) is 38.0 Å². The second-order valence-electron chi connectivity index (χ2n) is 4.22. The largest absolute Gasteiger partial charge is 0.369 e. The van der Waals surface area contributed by atoms with Gasteiger partial charge in [0.15, 0.2) is 0 Å². The molecule has 102 valence electrons. The standard InChI is InChI=1S/C13H19NO2.C2H6/c1-5-10-7-6-8-11(9-10)14-12(15)13(2,3)16-4;1-2/h6-9H,5H2,1-4H3,(H,14,15);1-2H3. The van der Waals surface area contributed by atoms with Crippen LogP contribution in [0.25, 0.3) is 0 Å². The second-order valence-corrected chi connectivity index (χ2v) is 4.22. The van der Waals surface area contributed by atoms with E-state index in [0.29, 0.717) is 0 Å². The van der Waals surface area contributed by atoms with Crippen LogP contribution >= 0.6 is 0 Å². The van der Waals surface area contributed by atoms with Gasteiger partial charge in [0.1, 0.15) is 5.60 Å². The Morgan fingerprint density at radius 3 is 2.44 bits per heavy atom. The van der Waals surface area contributed by atoms with Crippen LogP contribution in [0.15, 0.2) is 24.3 Å². The molecule has 1 N–H and O–H groups in total. The van der Waals surface area contributed by atoms with Crippen molar-refractivity contribution in [1.82, 2.24) is 0 Å². The van der Waals surface area contributed by atoms with E-state index in [2.05, 4.69) is 12.2 Å². The summed E-state index contributed by atoms with van der Waals surface area (Å²) in [5, 5.41) is 2.84. The summed E-state index contributed by atoms with van der Waals surface area (Å²) in [6, 6.07) is 7.83. The van der Waals surface area contributed by atoms with Gasteiger partial charge in [-0.15, -0.1) is 0 Å². The van der Waals surface area contributed by atoms with Crippen molar-refractivity contribution in [2.45, 2.75) is 46.6 Å². The summed E-state index contributed by atoms with van der Waals surface area (Å²) in [7, 11) is 1.53.